The first-order valence-corrected chi connectivity index (χ1v) is 7.75. The molecule has 1 unspecified atom stereocenters. The van der Waals surface area contributed by atoms with Crippen LogP contribution >= 0.6 is 0 Å². The van der Waals surface area contributed by atoms with E-state index in [1.165, 1.54) is 6.42 Å². The fraction of sp³-hybridized carbons (Fsp3) is 0.933. The van der Waals surface area contributed by atoms with Crippen LogP contribution in [0.3, 0.4) is 0 Å². The van der Waals surface area contributed by atoms with Gasteiger partial charge in [-0.25, -0.2) is 0 Å². The number of likely N-dealkylation sites (N-methyl/N-ethyl adjacent to an activating group) is 1. The van der Waals surface area contributed by atoms with E-state index >= 15 is 0 Å². The summed E-state index contributed by atoms with van der Waals surface area (Å²) in [6, 6.07) is 0.314. The molecule has 1 heterocycles. The lowest BCUT2D eigenvalue weighted by molar-refractivity contribution is -0.134. The van der Waals surface area contributed by atoms with E-state index in [0.29, 0.717) is 12.6 Å². The summed E-state index contributed by atoms with van der Waals surface area (Å²) in [7, 11) is 2.12. The van der Waals surface area contributed by atoms with E-state index in [4.69, 9.17) is 5.73 Å². The van der Waals surface area contributed by atoms with E-state index in [1.54, 1.807) is 0 Å². The van der Waals surface area contributed by atoms with E-state index < -0.39 is 0 Å². The summed E-state index contributed by atoms with van der Waals surface area (Å²) in [5, 5.41) is 3.26. The summed E-state index contributed by atoms with van der Waals surface area (Å²) in [6.45, 7) is 4.89. The quantitative estimate of drug-likeness (QED) is 0.811. The molecular formula is C15H29N3O. The summed E-state index contributed by atoms with van der Waals surface area (Å²) < 4.78 is 0. The SMILES string of the molecule is CC1CCC(CN)(C(=O)NC2CCCN(C)C2)CC1. The van der Waals surface area contributed by atoms with Gasteiger partial charge in [0.15, 0.2) is 0 Å². The molecule has 3 N–H and O–H groups in total. The molecule has 0 radical (unpaired) electrons. The first-order valence-electron chi connectivity index (χ1n) is 7.75. The Kier molecular flexibility index (Phi) is 4.85. The monoisotopic (exact) mass is 267 g/mol. The minimum Gasteiger partial charge on any atom is -0.352 e. The lowest BCUT2D eigenvalue weighted by atomic mass is 9.70. The molecule has 0 bridgehead atoms. The van der Waals surface area contributed by atoms with Gasteiger partial charge < -0.3 is 16.0 Å². The highest BCUT2D eigenvalue weighted by Gasteiger charge is 2.40. The smallest absolute Gasteiger partial charge is 0.227 e. The van der Waals surface area contributed by atoms with Crippen molar-refractivity contribution in [2.24, 2.45) is 17.1 Å². The number of piperidine rings is 1. The summed E-state index contributed by atoms with van der Waals surface area (Å²) >= 11 is 0. The number of hydrogen-bond donors (Lipinski definition) is 2. The molecule has 0 aromatic rings. The average molecular weight is 267 g/mol. The molecule has 1 saturated heterocycles. The number of amides is 1. The average Bonchev–Trinajstić information content (AvgIpc) is 2.40. The maximum Gasteiger partial charge on any atom is 0.227 e. The summed E-state index contributed by atoms with van der Waals surface area (Å²) in [5.41, 5.74) is 5.66. The van der Waals surface area contributed by atoms with Crippen molar-refractivity contribution < 1.29 is 4.79 Å². The van der Waals surface area contributed by atoms with Crippen molar-refractivity contribution in [1.82, 2.24) is 10.2 Å². The molecule has 1 atom stereocenters. The molecule has 1 saturated carbocycles. The molecule has 1 amide bonds. The zero-order valence-electron chi connectivity index (χ0n) is 12.5. The maximum absolute atomic E-state index is 12.6. The van der Waals surface area contributed by atoms with Gasteiger partial charge in [-0.05, 0) is 58.0 Å². The Bertz CT molecular complexity index is 311. The number of nitrogens with zero attached hydrogens (tertiary/aromatic N) is 1. The van der Waals surface area contributed by atoms with Gasteiger partial charge in [0.1, 0.15) is 0 Å². The third-order valence-corrected chi connectivity index (χ3v) is 5.06. The molecule has 110 valence electrons. The van der Waals surface area contributed by atoms with Gasteiger partial charge in [0.25, 0.3) is 0 Å². The molecular weight excluding hydrogens is 238 g/mol. The van der Waals surface area contributed by atoms with E-state index in [2.05, 4.69) is 24.2 Å². The third kappa shape index (κ3) is 3.48. The molecule has 4 heteroatoms. The first-order chi connectivity index (χ1) is 9.05. The van der Waals surface area contributed by atoms with Crippen molar-refractivity contribution in [3.63, 3.8) is 0 Å². The summed E-state index contributed by atoms with van der Waals surface area (Å²) in [4.78, 5) is 14.9. The van der Waals surface area contributed by atoms with Crippen LogP contribution in [-0.2, 0) is 4.79 Å². The second kappa shape index (κ2) is 6.23. The van der Waals surface area contributed by atoms with Crippen LogP contribution in [0.4, 0.5) is 0 Å². The number of nitrogens with two attached hydrogens (primary N) is 1. The minimum absolute atomic E-state index is 0.210. The molecule has 19 heavy (non-hydrogen) atoms. The van der Waals surface area contributed by atoms with Gasteiger partial charge >= 0.3 is 0 Å². The molecule has 2 rings (SSSR count). The number of hydrogen-bond acceptors (Lipinski definition) is 3. The molecule has 2 aliphatic rings. The van der Waals surface area contributed by atoms with E-state index in [-0.39, 0.29) is 11.3 Å². The fourth-order valence-corrected chi connectivity index (χ4v) is 3.46. The Morgan fingerprint density at radius 1 is 1.37 bits per heavy atom. The Morgan fingerprint density at radius 3 is 2.63 bits per heavy atom. The van der Waals surface area contributed by atoms with Crippen molar-refractivity contribution in [3.8, 4) is 0 Å². The zero-order valence-corrected chi connectivity index (χ0v) is 12.5. The van der Waals surface area contributed by atoms with Crippen LogP contribution in [0.15, 0.2) is 0 Å². The number of likely N-dealkylation sites (tertiary alicyclic amines) is 1. The first kappa shape index (κ1) is 14.8. The molecule has 1 aliphatic carbocycles. The minimum atomic E-state index is -0.289. The molecule has 0 aromatic heterocycles. The van der Waals surface area contributed by atoms with Gasteiger partial charge in [-0.1, -0.05) is 6.92 Å². The van der Waals surface area contributed by atoms with Crippen molar-refractivity contribution in [1.29, 1.82) is 0 Å². The molecule has 0 aromatic carbocycles. The standard InChI is InChI=1S/C15H29N3O/c1-12-5-7-15(11-16,8-6-12)14(19)17-13-4-3-9-18(2)10-13/h12-13H,3-11,16H2,1-2H3,(H,17,19). The van der Waals surface area contributed by atoms with Crippen LogP contribution < -0.4 is 11.1 Å². The predicted molar refractivity (Wildman–Crippen MR) is 77.8 cm³/mol. The van der Waals surface area contributed by atoms with Crippen LogP contribution in [0.25, 0.3) is 0 Å². The number of carbonyl (C=O) groups is 1. The van der Waals surface area contributed by atoms with Gasteiger partial charge in [-0.3, -0.25) is 4.79 Å². The topological polar surface area (TPSA) is 58.4 Å². The van der Waals surface area contributed by atoms with Crippen molar-refractivity contribution in [3.05, 3.63) is 0 Å². The highest BCUT2D eigenvalue weighted by molar-refractivity contribution is 5.83. The van der Waals surface area contributed by atoms with Gasteiger partial charge in [0.05, 0.1) is 5.41 Å². The van der Waals surface area contributed by atoms with Crippen LogP contribution in [0.2, 0.25) is 0 Å². The molecule has 1 aliphatic heterocycles. The van der Waals surface area contributed by atoms with E-state index in [9.17, 15) is 4.79 Å². The largest absolute Gasteiger partial charge is 0.352 e. The lowest BCUT2D eigenvalue weighted by Gasteiger charge is -2.39. The summed E-state index contributed by atoms with van der Waals surface area (Å²) in [5.74, 6) is 0.954. The van der Waals surface area contributed by atoms with E-state index in [1.807, 2.05) is 0 Å². The number of carbonyl (C=O) groups excluding carboxylic acids is 1. The van der Waals surface area contributed by atoms with Gasteiger partial charge in [-0.2, -0.15) is 0 Å². The van der Waals surface area contributed by atoms with Crippen LogP contribution in [-0.4, -0.2) is 43.5 Å². The van der Waals surface area contributed by atoms with Gasteiger partial charge in [-0.15, -0.1) is 0 Å². The second-order valence-corrected chi connectivity index (χ2v) is 6.74. The lowest BCUT2D eigenvalue weighted by Crippen LogP contribution is -2.54. The van der Waals surface area contributed by atoms with Gasteiger partial charge in [0, 0.05) is 19.1 Å². The highest BCUT2D eigenvalue weighted by Crippen LogP contribution is 2.38. The summed E-state index contributed by atoms with van der Waals surface area (Å²) in [6.07, 6.45) is 6.46. The fourth-order valence-electron chi connectivity index (χ4n) is 3.46. The van der Waals surface area contributed by atoms with Gasteiger partial charge in [0.2, 0.25) is 5.91 Å². The Morgan fingerprint density at radius 2 is 2.05 bits per heavy atom. The second-order valence-electron chi connectivity index (χ2n) is 6.74. The third-order valence-electron chi connectivity index (χ3n) is 5.06. The van der Waals surface area contributed by atoms with Crippen molar-refractivity contribution >= 4 is 5.91 Å². The molecule has 2 fully saturated rings. The molecule has 0 spiro atoms. The van der Waals surface area contributed by atoms with Crippen molar-refractivity contribution in [2.45, 2.75) is 51.5 Å². The van der Waals surface area contributed by atoms with Crippen LogP contribution in [0, 0.1) is 11.3 Å². The zero-order chi connectivity index (χ0) is 13.9. The highest BCUT2D eigenvalue weighted by atomic mass is 16.2. The Hall–Kier alpha value is -0.610. The molecule has 4 nitrogen and oxygen atoms in total. The number of nitrogens with one attached hydrogen (secondary N) is 1. The van der Waals surface area contributed by atoms with Crippen LogP contribution in [0.5, 0.6) is 0 Å². The predicted octanol–water partition coefficient (Wildman–Crippen LogP) is 1.35. The van der Waals surface area contributed by atoms with Crippen molar-refractivity contribution in [2.75, 3.05) is 26.7 Å². The Balaban J connectivity index is 1.93. The normalized spacial score (nSPS) is 37.0. The maximum atomic E-state index is 12.6. The van der Waals surface area contributed by atoms with Crippen LogP contribution in [0.1, 0.15) is 45.4 Å². The number of rotatable bonds is 3. The van der Waals surface area contributed by atoms with E-state index in [0.717, 1.165) is 51.1 Å². The Labute approximate surface area is 117 Å².